The van der Waals surface area contributed by atoms with Gasteiger partial charge in [0, 0.05) is 6.04 Å². The van der Waals surface area contributed by atoms with Crippen LogP contribution in [0.25, 0.3) is 0 Å². The van der Waals surface area contributed by atoms with Crippen LogP contribution in [0.4, 0.5) is 0 Å². The first kappa shape index (κ1) is 14.0. The molecule has 1 rings (SSSR count). The molecule has 17 heavy (non-hydrogen) atoms. The summed E-state index contributed by atoms with van der Waals surface area (Å²) in [6, 6.07) is 0.0449. The molecule has 0 bridgehead atoms. The minimum absolute atomic E-state index is 0.0108. The lowest BCUT2D eigenvalue weighted by atomic mass is 9.72. The van der Waals surface area contributed by atoms with Gasteiger partial charge in [-0.3, -0.25) is 14.5 Å². The molecule has 1 aliphatic carbocycles. The van der Waals surface area contributed by atoms with Crippen molar-refractivity contribution in [3.63, 3.8) is 0 Å². The van der Waals surface area contributed by atoms with E-state index in [4.69, 9.17) is 10.2 Å². The largest absolute Gasteiger partial charge is 0.480 e. The Bertz CT molecular complexity index is 285. The standard InChI is InChI=1S/C12H21NO4/c1-12(2)6-4-3-5-9(12)13(7-10(14)15)8-11(16)17/h9H,3-8H2,1-2H3,(H,14,15)(H,16,17). The minimum Gasteiger partial charge on any atom is -0.480 e. The van der Waals surface area contributed by atoms with Crippen molar-refractivity contribution < 1.29 is 19.8 Å². The van der Waals surface area contributed by atoms with E-state index in [2.05, 4.69) is 13.8 Å². The zero-order chi connectivity index (χ0) is 13.1. The Morgan fingerprint density at radius 1 is 1.18 bits per heavy atom. The molecule has 1 atom stereocenters. The van der Waals surface area contributed by atoms with Crippen LogP contribution in [0.2, 0.25) is 0 Å². The van der Waals surface area contributed by atoms with Crippen molar-refractivity contribution in [1.82, 2.24) is 4.90 Å². The van der Waals surface area contributed by atoms with Gasteiger partial charge in [-0.05, 0) is 18.3 Å². The fourth-order valence-electron chi connectivity index (χ4n) is 2.78. The lowest BCUT2D eigenvalue weighted by Gasteiger charge is -2.44. The van der Waals surface area contributed by atoms with Gasteiger partial charge in [0.1, 0.15) is 0 Å². The summed E-state index contributed by atoms with van der Waals surface area (Å²) in [5.41, 5.74) is -0.0108. The van der Waals surface area contributed by atoms with Crippen LogP contribution in [0.5, 0.6) is 0 Å². The average molecular weight is 243 g/mol. The third kappa shape index (κ3) is 4.00. The highest BCUT2D eigenvalue weighted by Gasteiger charge is 2.37. The van der Waals surface area contributed by atoms with Crippen LogP contribution >= 0.6 is 0 Å². The van der Waals surface area contributed by atoms with E-state index in [0.29, 0.717) is 0 Å². The van der Waals surface area contributed by atoms with Crippen molar-refractivity contribution in [2.24, 2.45) is 5.41 Å². The Labute approximate surface area is 101 Å². The average Bonchev–Trinajstić information content (AvgIpc) is 2.14. The summed E-state index contributed by atoms with van der Waals surface area (Å²) in [6.07, 6.45) is 4.09. The highest BCUT2D eigenvalue weighted by Crippen LogP contribution is 2.38. The maximum absolute atomic E-state index is 10.8. The molecule has 0 amide bonds. The summed E-state index contributed by atoms with van der Waals surface area (Å²) >= 11 is 0. The summed E-state index contributed by atoms with van der Waals surface area (Å²) in [7, 11) is 0. The molecule has 98 valence electrons. The zero-order valence-electron chi connectivity index (χ0n) is 10.5. The molecular weight excluding hydrogens is 222 g/mol. The zero-order valence-corrected chi connectivity index (χ0v) is 10.5. The molecule has 5 nitrogen and oxygen atoms in total. The molecule has 0 saturated heterocycles. The van der Waals surface area contributed by atoms with Gasteiger partial charge in [0.15, 0.2) is 0 Å². The molecule has 0 aromatic heterocycles. The lowest BCUT2D eigenvalue weighted by Crippen LogP contribution is -2.50. The van der Waals surface area contributed by atoms with Gasteiger partial charge >= 0.3 is 11.9 Å². The van der Waals surface area contributed by atoms with Crippen molar-refractivity contribution in [3.8, 4) is 0 Å². The second-order valence-corrected chi connectivity index (χ2v) is 5.44. The van der Waals surface area contributed by atoms with E-state index in [1.165, 1.54) is 0 Å². The van der Waals surface area contributed by atoms with Crippen molar-refractivity contribution in [2.75, 3.05) is 13.1 Å². The Morgan fingerprint density at radius 2 is 1.71 bits per heavy atom. The lowest BCUT2D eigenvalue weighted by molar-refractivity contribution is -0.144. The fraction of sp³-hybridized carbons (Fsp3) is 0.833. The second-order valence-electron chi connectivity index (χ2n) is 5.44. The quantitative estimate of drug-likeness (QED) is 0.763. The van der Waals surface area contributed by atoms with E-state index in [1.807, 2.05) is 0 Å². The van der Waals surface area contributed by atoms with Crippen molar-refractivity contribution >= 4 is 11.9 Å². The Morgan fingerprint density at radius 3 is 2.12 bits per heavy atom. The number of rotatable bonds is 5. The molecule has 0 aromatic rings. The van der Waals surface area contributed by atoms with Crippen LogP contribution in [0.1, 0.15) is 39.5 Å². The van der Waals surface area contributed by atoms with Gasteiger partial charge in [-0.25, -0.2) is 0 Å². The predicted molar refractivity (Wildman–Crippen MR) is 62.9 cm³/mol. The molecule has 5 heteroatoms. The van der Waals surface area contributed by atoms with E-state index < -0.39 is 11.9 Å². The van der Waals surface area contributed by atoms with Crippen LogP contribution in [0, 0.1) is 5.41 Å². The van der Waals surface area contributed by atoms with E-state index in [0.717, 1.165) is 25.7 Å². The van der Waals surface area contributed by atoms with E-state index in [1.54, 1.807) is 4.90 Å². The molecule has 1 saturated carbocycles. The highest BCUT2D eigenvalue weighted by molar-refractivity contribution is 5.72. The van der Waals surface area contributed by atoms with Crippen molar-refractivity contribution in [2.45, 2.75) is 45.6 Å². The predicted octanol–water partition coefficient (Wildman–Crippen LogP) is 1.43. The SMILES string of the molecule is CC1(C)CCCCC1N(CC(=O)O)CC(=O)O. The van der Waals surface area contributed by atoms with Crippen LogP contribution < -0.4 is 0 Å². The van der Waals surface area contributed by atoms with Crippen molar-refractivity contribution in [3.05, 3.63) is 0 Å². The Hall–Kier alpha value is -1.10. The Kier molecular flexibility index (Phi) is 4.51. The number of carbonyl (C=O) groups is 2. The smallest absolute Gasteiger partial charge is 0.317 e. The van der Waals surface area contributed by atoms with Gasteiger partial charge < -0.3 is 10.2 Å². The monoisotopic (exact) mass is 243 g/mol. The second kappa shape index (κ2) is 5.49. The number of hydrogen-bond donors (Lipinski definition) is 2. The molecular formula is C12H21NO4. The number of nitrogens with zero attached hydrogens (tertiary/aromatic N) is 1. The minimum atomic E-state index is -0.965. The topological polar surface area (TPSA) is 77.8 Å². The molecule has 1 aliphatic rings. The number of carboxylic acids is 2. The summed E-state index contributed by atoms with van der Waals surface area (Å²) in [4.78, 5) is 23.2. The summed E-state index contributed by atoms with van der Waals surface area (Å²) in [5, 5.41) is 17.7. The van der Waals surface area contributed by atoms with Crippen LogP contribution in [0.15, 0.2) is 0 Å². The summed E-state index contributed by atoms with van der Waals surface area (Å²) < 4.78 is 0. The summed E-state index contributed by atoms with van der Waals surface area (Å²) in [6.45, 7) is 3.79. The van der Waals surface area contributed by atoms with Gasteiger partial charge in [0.05, 0.1) is 13.1 Å². The number of carboxylic acid groups (broad SMARTS) is 2. The van der Waals surface area contributed by atoms with Gasteiger partial charge in [-0.15, -0.1) is 0 Å². The maximum atomic E-state index is 10.8. The third-order valence-electron chi connectivity index (χ3n) is 3.57. The first-order chi connectivity index (χ1) is 7.83. The van der Waals surface area contributed by atoms with E-state index in [9.17, 15) is 9.59 Å². The maximum Gasteiger partial charge on any atom is 0.317 e. The van der Waals surface area contributed by atoms with Gasteiger partial charge in [-0.1, -0.05) is 26.7 Å². The van der Waals surface area contributed by atoms with Crippen molar-refractivity contribution in [1.29, 1.82) is 0 Å². The normalized spacial score (nSPS) is 23.6. The first-order valence-electron chi connectivity index (χ1n) is 6.00. The molecule has 0 heterocycles. The number of hydrogen-bond acceptors (Lipinski definition) is 3. The molecule has 0 spiro atoms. The van der Waals surface area contributed by atoms with Gasteiger partial charge in [0.2, 0.25) is 0 Å². The first-order valence-corrected chi connectivity index (χ1v) is 6.00. The molecule has 2 N–H and O–H groups in total. The Balaban J connectivity index is 2.79. The molecule has 0 radical (unpaired) electrons. The summed E-state index contributed by atoms with van der Waals surface area (Å²) in [5.74, 6) is -1.93. The van der Waals surface area contributed by atoms with Gasteiger partial charge in [0.25, 0.3) is 0 Å². The van der Waals surface area contributed by atoms with Crippen LogP contribution in [-0.4, -0.2) is 46.2 Å². The molecule has 1 unspecified atom stereocenters. The number of aliphatic carboxylic acids is 2. The van der Waals surface area contributed by atoms with Gasteiger partial charge in [-0.2, -0.15) is 0 Å². The van der Waals surface area contributed by atoms with E-state index >= 15 is 0 Å². The van der Waals surface area contributed by atoms with Crippen LogP contribution in [-0.2, 0) is 9.59 Å². The third-order valence-corrected chi connectivity index (χ3v) is 3.57. The molecule has 1 fully saturated rings. The molecule has 0 aromatic carbocycles. The fourth-order valence-corrected chi connectivity index (χ4v) is 2.78. The van der Waals surface area contributed by atoms with Crippen LogP contribution in [0.3, 0.4) is 0 Å². The van der Waals surface area contributed by atoms with E-state index in [-0.39, 0.29) is 24.5 Å². The highest BCUT2D eigenvalue weighted by atomic mass is 16.4. The molecule has 0 aliphatic heterocycles.